The Balaban J connectivity index is 2.40. The first-order chi connectivity index (χ1) is 12.1. The second-order valence-corrected chi connectivity index (χ2v) is 9.27. The molecule has 1 saturated heterocycles. The normalized spacial score (nSPS) is 29.3. The molecule has 4 atom stereocenters. The number of H-pyrrole nitrogens is 1. The average molecular weight is 384 g/mol. The molecule has 0 aromatic carbocycles. The van der Waals surface area contributed by atoms with E-state index in [1.54, 1.807) is 6.92 Å². The van der Waals surface area contributed by atoms with Gasteiger partial charge in [0.05, 0.1) is 23.9 Å². The molecule has 8 heteroatoms. The van der Waals surface area contributed by atoms with Crippen molar-refractivity contribution in [3.05, 3.63) is 22.4 Å². The van der Waals surface area contributed by atoms with Crippen molar-refractivity contribution >= 4 is 5.97 Å². The van der Waals surface area contributed by atoms with Crippen molar-refractivity contribution in [3.8, 4) is 0 Å². The van der Waals surface area contributed by atoms with Crippen LogP contribution in [-0.2, 0) is 19.9 Å². The van der Waals surface area contributed by atoms with E-state index in [1.165, 1.54) is 10.8 Å². The van der Waals surface area contributed by atoms with Crippen LogP contribution in [0.15, 0.2) is 11.0 Å². The summed E-state index contributed by atoms with van der Waals surface area (Å²) in [6.45, 7) is 15.8. The smallest absolute Gasteiger partial charge is 0.353 e. The molecule has 1 aliphatic heterocycles. The lowest BCUT2D eigenvalue weighted by Crippen LogP contribution is -2.43. The van der Waals surface area contributed by atoms with E-state index in [9.17, 15) is 14.7 Å². The van der Waals surface area contributed by atoms with Gasteiger partial charge in [-0.2, -0.15) is 0 Å². The first kappa shape index (κ1) is 21.7. The van der Waals surface area contributed by atoms with Gasteiger partial charge in [-0.1, -0.05) is 6.92 Å². The number of aromatic nitrogens is 2. The van der Waals surface area contributed by atoms with E-state index in [-0.39, 0.29) is 23.3 Å². The van der Waals surface area contributed by atoms with Crippen LogP contribution in [0.5, 0.6) is 0 Å². The van der Waals surface area contributed by atoms with Crippen LogP contribution < -0.4 is 5.69 Å². The molecule has 0 aliphatic carbocycles. The van der Waals surface area contributed by atoms with Gasteiger partial charge in [-0.15, -0.1) is 0 Å². The first-order valence-electron chi connectivity index (χ1n) is 9.19. The highest BCUT2D eigenvalue weighted by Gasteiger charge is 2.53. The Morgan fingerprint density at radius 1 is 1.30 bits per heavy atom. The molecule has 8 nitrogen and oxygen atoms in total. The van der Waals surface area contributed by atoms with Crippen LogP contribution >= 0.6 is 0 Å². The summed E-state index contributed by atoms with van der Waals surface area (Å²) in [5, 5.41) is 9.18. The van der Waals surface area contributed by atoms with E-state index < -0.39 is 29.1 Å². The third kappa shape index (κ3) is 4.80. The molecule has 2 rings (SSSR count). The second-order valence-electron chi connectivity index (χ2n) is 9.27. The molecule has 154 valence electrons. The Labute approximate surface area is 159 Å². The maximum Gasteiger partial charge on any atom is 0.353 e. The van der Waals surface area contributed by atoms with E-state index in [1.807, 2.05) is 48.5 Å². The molecule has 1 aliphatic rings. The largest absolute Gasteiger partial charge is 0.477 e. The zero-order chi connectivity index (χ0) is 20.8. The summed E-state index contributed by atoms with van der Waals surface area (Å²) in [7, 11) is 0. The number of carbonyl (C=O) groups is 1. The highest BCUT2D eigenvalue weighted by molar-refractivity contribution is 5.84. The van der Waals surface area contributed by atoms with Crippen LogP contribution in [-0.4, -0.2) is 50.6 Å². The highest BCUT2D eigenvalue weighted by Crippen LogP contribution is 2.42. The summed E-state index contributed by atoms with van der Waals surface area (Å²) in [5.74, 6) is -1.42. The van der Waals surface area contributed by atoms with Gasteiger partial charge in [-0.3, -0.25) is 9.55 Å². The second kappa shape index (κ2) is 7.07. The van der Waals surface area contributed by atoms with E-state index in [4.69, 9.17) is 14.2 Å². The van der Waals surface area contributed by atoms with Crippen molar-refractivity contribution in [2.75, 3.05) is 6.61 Å². The molecule has 0 saturated carbocycles. The van der Waals surface area contributed by atoms with Crippen LogP contribution in [0, 0.1) is 5.92 Å². The predicted molar refractivity (Wildman–Crippen MR) is 100 cm³/mol. The molecule has 0 amide bonds. The van der Waals surface area contributed by atoms with Crippen molar-refractivity contribution in [1.29, 1.82) is 0 Å². The lowest BCUT2D eigenvalue weighted by atomic mass is 9.93. The molecule has 0 radical (unpaired) electrons. The number of carboxylic acids is 1. The SMILES string of the molecule is C[C@@H]1[C@H](OC(C)(C)C)[C@@H](COC(C)(C)C)O[C@@]1(C)n1cc(C(=O)O)[nH]c1=O. The molecule has 27 heavy (non-hydrogen) atoms. The monoisotopic (exact) mass is 384 g/mol. The standard InChI is InChI=1S/C19H32N2O6/c1-11-14(27-18(5,6)7)13(10-25-17(2,3)4)26-19(11,8)21-9-12(15(22)23)20-16(21)24/h9,11,13-14H,10H2,1-8H3,(H,20,24)(H,22,23)/t11-,13-,14+,19-/m1/s1. The minimum absolute atomic E-state index is 0.181. The fourth-order valence-electron chi connectivity index (χ4n) is 3.26. The lowest BCUT2D eigenvalue weighted by Gasteiger charge is -2.32. The number of hydrogen-bond donors (Lipinski definition) is 2. The van der Waals surface area contributed by atoms with E-state index >= 15 is 0 Å². The zero-order valence-electron chi connectivity index (χ0n) is 17.5. The number of hydrogen-bond acceptors (Lipinski definition) is 5. The molecule has 0 unspecified atom stereocenters. The molecule has 1 aromatic heterocycles. The molecule has 1 aromatic rings. The quantitative estimate of drug-likeness (QED) is 0.809. The van der Waals surface area contributed by atoms with E-state index in [0.29, 0.717) is 6.61 Å². The summed E-state index contributed by atoms with van der Waals surface area (Å²) >= 11 is 0. The van der Waals surface area contributed by atoms with E-state index in [2.05, 4.69) is 4.98 Å². The fraction of sp³-hybridized carbons (Fsp3) is 0.789. The summed E-state index contributed by atoms with van der Waals surface area (Å²) in [6, 6.07) is 0. The number of aromatic carboxylic acids is 1. The van der Waals surface area contributed by atoms with Gasteiger partial charge >= 0.3 is 11.7 Å². The highest BCUT2D eigenvalue weighted by atomic mass is 16.6. The maximum absolute atomic E-state index is 12.4. The van der Waals surface area contributed by atoms with Gasteiger partial charge in [-0.05, 0) is 48.5 Å². The van der Waals surface area contributed by atoms with Gasteiger partial charge < -0.3 is 19.3 Å². The Bertz CT molecular complexity index is 739. The van der Waals surface area contributed by atoms with Crippen LogP contribution in [0.4, 0.5) is 0 Å². The zero-order valence-corrected chi connectivity index (χ0v) is 17.5. The lowest BCUT2D eigenvalue weighted by molar-refractivity contribution is -0.152. The Morgan fingerprint density at radius 2 is 1.89 bits per heavy atom. The number of imidazole rings is 1. The molecular formula is C19H32N2O6. The molecule has 1 fully saturated rings. The third-order valence-electron chi connectivity index (χ3n) is 4.69. The minimum Gasteiger partial charge on any atom is -0.477 e. The van der Waals surface area contributed by atoms with Gasteiger partial charge in [0.2, 0.25) is 0 Å². The molecule has 0 bridgehead atoms. The Morgan fingerprint density at radius 3 is 2.33 bits per heavy atom. The number of rotatable bonds is 5. The summed E-state index contributed by atoms with van der Waals surface area (Å²) < 4.78 is 19.7. The van der Waals surface area contributed by atoms with Crippen LogP contribution in [0.25, 0.3) is 0 Å². The van der Waals surface area contributed by atoms with Gasteiger partial charge in [0.25, 0.3) is 0 Å². The molecule has 2 N–H and O–H groups in total. The predicted octanol–water partition coefficient (Wildman–Crippen LogP) is 2.58. The van der Waals surface area contributed by atoms with Gasteiger partial charge in [0, 0.05) is 12.1 Å². The molecule has 2 heterocycles. The third-order valence-corrected chi connectivity index (χ3v) is 4.69. The Kier molecular flexibility index (Phi) is 5.67. The number of carboxylic acid groups (broad SMARTS) is 1. The van der Waals surface area contributed by atoms with Crippen molar-refractivity contribution < 1.29 is 24.1 Å². The fourth-order valence-corrected chi connectivity index (χ4v) is 3.26. The number of aromatic amines is 1. The van der Waals surface area contributed by atoms with Gasteiger partial charge in [0.15, 0.2) is 5.72 Å². The van der Waals surface area contributed by atoms with Crippen LogP contribution in [0.1, 0.15) is 65.9 Å². The van der Waals surface area contributed by atoms with E-state index in [0.717, 1.165) is 0 Å². The van der Waals surface area contributed by atoms with Crippen molar-refractivity contribution in [2.45, 2.75) is 84.5 Å². The van der Waals surface area contributed by atoms with Gasteiger partial charge in [0.1, 0.15) is 11.8 Å². The summed E-state index contributed by atoms with van der Waals surface area (Å²) in [6.07, 6.45) is 0.549. The van der Waals surface area contributed by atoms with Crippen molar-refractivity contribution in [2.24, 2.45) is 5.92 Å². The van der Waals surface area contributed by atoms with Crippen LogP contribution in [0.3, 0.4) is 0 Å². The average Bonchev–Trinajstić information content (AvgIpc) is 2.98. The first-order valence-corrected chi connectivity index (χ1v) is 9.19. The maximum atomic E-state index is 12.4. The van der Waals surface area contributed by atoms with Crippen LogP contribution in [0.2, 0.25) is 0 Å². The van der Waals surface area contributed by atoms with Crippen molar-refractivity contribution in [1.82, 2.24) is 9.55 Å². The number of nitrogens with zero attached hydrogens (tertiary/aromatic N) is 1. The molecule has 0 spiro atoms. The molecular weight excluding hydrogens is 352 g/mol. The summed E-state index contributed by atoms with van der Waals surface area (Å²) in [4.78, 5) is 26.0. The number of ether oxygens (including phenoxy) is 3. The minimum atomic E-state index is -1.20. The Hall–Kier alpha value is -1.64. The topological polar surface area (TPSA) is 103 Å². The number of nitrogens with one attached hydrogen (secondary N) is 1. The summed E-state index contributed by atoms with van der Waals surface area (Å²) in [5.41, 5.74) is -2.54. The van der Waals surface area contributed by atoms with Gasteiger partial charge in [-0.25, -0.2) is 9.59 Å². The van der Waals surface area contributed by atoms with Crippen molar-refractivity contribution in [3.63, 3.8) is 0 Å².